The Morgan fingerprint density at radius 2 is 2.05 bits per heavy atom. The van der Waals surface area contributed by atoms with Gasteiger partial charge in [0.25, 0.3) is 0 Å². The van der Waals surface area contributed by atoms with E-state index in [1.54, 1.807) is 11.7 Å². The molecule has 0 saturated carbocycles. The number of hydrogen-bond acceptors (Lipinski definition) is 3. The van der Waals surface area contributed by atoms with Crippen LogP contribution in [0.2, 0.25) is 5.15 Å². The van der Waals surface area contributed by atoms with Gasteiger partial charge >= 0.3 is 0 Å². The SMILES string of the molecule is Cc1nn(C)c(Cl)c1CC(=O)C(N)c1ccccc1. The Kier molecular flexibility index (Phi) is 4.02. The van der Waals surface area contributed by atoms with Gasteiger partial charge in [0.2, 0.25) is 0 Å². The first-order valence-corrected chi connectivity index (χ1v) is 6.39. The van der Waals surface area contributed by atoms with Gasteiger partial charge in [-0.15, -0.1) is 0 Å². The molecule has 5 heteroatoms. The summed E-state index contributed by atoms with van der Waals surface area (Å²) in [6.07, 6.45) is 0.203. The van der Waals surface area contributed by atoms with Crippen molar-refractivity contribution in [3.05, 3.63) is 52.3 Å². The van der Waals surface area contributed by atoms with E-state index >= 15 is 0 Å². The normalized spacial score (nSPS) is 12.4. The van der Waals surface area contributed by atoms with E-state index in [9.17, 15) is 4.79 Å². The minimum Gasteiger partial charge on any atom is -0.318 e. The quantitative estimate of drug-likeness (QED) is 0.932. The maximum Gasteiger partial charge on any atom is 0.158 e. The molecule has 0 saturated heterocycles. The van der Waals surface area contributed by atoms with Crippen molar-refractivity contribution >= 4 is 17.4 Å². The van der Waals surface area contributed by atoms with Crippen LogP contribution in [0.1, 0.15) is 22.9 Å². The zero-order valence-electron chi connectivity index (χ0n) is 10.9. The molecule has 0 aliphatic heterocycles. The average molecular weight is 278 g/mol. The summed E-state index contributed by atoms with van der Waals surface area (Å²) in [4.78, 5) is 12.2. The molecule has 1 aromatic heterocycles. The Morgan fingerprint density at radius 3 is 2.58 bits per heavy atom. The number of aryl methyl sites for hydroxylation is 2. The maximum atomic E-state index is 12.2. The molecular formula is C14H16ClN3O. The number of carbonyl (C=O) groups excluding carboxylic acids is 1. The molecule has 0 radical (unpaired) electrons. The van der Waals surface area contributed by atoms with Crippen LogP contribution in [0.5, 0.6) is 0 Å². The zero-order valence-corrected chi connectivity index (χ0v) is 11.7. The summed E-state index contributed by atoms with van der Waals surface area (Å²) in [6.45, 7) is 1.84. The smallest absolute Gasteiger partial charge is 0.158 e. The summed E-state index contributed by atoms with van der Waals surface area (Å²) < 4.78 is 1.56. The molecule has 1 atom stereocenters. The van der Waals surface area contributed by atoms with E-state index in [0.29, 0.717) is 5.15 Å². The highest BCUT2D eigenvalue weighted by atomic mass is 35.5. The number of nitrogens with zero attached hydrogens (tertiary/aromatic N) is 2. The second-order valence-electron chi connectivity index (χ2n) is 4.51. The number of ketones is 1. The molecule has 0 fully saturated rings. The van der Waals surface area contributed by atoms with E-state index in [1.807, 2.05) is 37.3 Å². The molecule has 2 rings (SSSR count). The Balaban J connectivity index is 2.18. The molecule has 0 amide bonds. The van der Waals surface area contributed by atoms with Gasteiger partial charge in [-0.1, -0.05) is 41.9 Å². The van der Waals surface area contributed by atoms with E-state index in [2.05, 4.69) is 5.10 Å². The monoisotopic (exact) mass is 277 g/mol. The minimum absolute atomic E-state index is 0.0656. The number of nitrogens with two attached hydrogens (primary N) is 1. The van der Waals surface area contributed by atoms with Crippen molar-refractivity contribution < 1.29 is 4.79 Å². The first-order valence-electron chi connectivity index (χ1n) is 6.02. The zero-order chi connectivity index (χ0) is 14.0. The van der Waals surface area contributed by atoms with Crippen molar-refractivity contribution in [1.82, 2.24) is 9.78 Å². The van der Waals surface area contributed by atoms with Gasteiger partial charge in [-0.25, -0.2) is 0 Å². The van der Waals surface area contributed by atoms with Crippen LogP contribution in [-0.4, -0.2) is 15.6 Å². The van der Waals surface area contributed by atoms with E-state index in [4.69, 9.17) is 17.3 Å². The first kappa shape index (κ1) is 13.8. The fourth-order valence-electron chi connectivity index (χ4n) is 2.01. The lowest BCUT2D eigenvalue weighted by molar-refractivity contribution is -0.119. The molecule has 0 aliphatic rings. The second-order valence-corrected chi connectivity index (χ2v) is 4.87. The van der Waals surface area contributed by atoms with Crippen molar-refractivity contribution in [2.45, 2.75) is 19.4 Å². The minimum atomic E-state index is -0.628. The molecule has 0 spiro atoms. The largest absolute Gasteiger partial charge is 0.318 e. The molecule has 2 N–H and O–H groups in total. The van der Waals surface area contributed by atoms with E-state index in [-0.39, 0.29) is 12.2 Å². The summed E-state index contributed by atoms with van der Waals surface area (Å²) >= 11 is 6.12. The molecule has 4 nitrogen and oxygen atoms in total. The van der Waals surface area contributed by atoms with E-state index in [0.717, 1.165) is 16.8 Å². The fraction of sp³-hybridized carbons (Fsp3) is 0.286. The number of rotatable bonds is 4. The topological polar surface area (TPSA) is 60.9 Å². The summed E-state index contributed by atoms with van der Waals surface area (Å²) in [5.74, 6) is -0.0656. The molecule has 2 aromatic rings. The van der Waals surface area contributed by atoms with Gasteiger partial charge in [-0.2, -0.15) is 5.10 Å². The molecule has 0 bridgehead atoms. The summed E-state index contributed by atoms with van der Waals surface area (Å²) in [5, 5.41) is 4.68. The lowest BCUT2D eigenvalue weighted by Crippen LogP contribution is -2.23. The third-order valence-electron chi connectivity index (χ3n) is 3.13. The lowest BCUT2D eigenvalue weighted by Gasteiger charge is -2.10. The molecule has 100 valence electrons. The third kappa shape index (κ3) is 2.85. The number of Topliss-reactive ketones (excluding diaryl/α,β-unsaturated/α-hetero) is 1. The molecule has 19 heavy (non-hydrogen) atoms. The average Bonchev–Trinajstić information content (AvgIpc) is 2.65. The third-order valence-corrected chi connectivity index (χ3v) is 3.60. The Labute approximate surface area is 117 Å². The summed E-state index contributed by atoms with van der Waals surface area (Å²) in [5.41, 5.74) is 8.30. The first-order chi connectivity index (χ1) is 9.00. The Hall–Kier alpha value is -1.65. The van der Waals surface area contributed by atoms with Crippen molar-refractivity contribution in [3.63, 3.8) is 0 Å². The highest BCUT2D eigenvalue weighted by molar-refractivity contribution is 6.30. The number of aromatic nitrogens is 2. The van der Waals surface area contributed by atoms with Gasteiger partial charge in [0.15, 0.2) is 5.78 Å². The van der Waals surface area contributed by atoms with Crippen LogP contribution in [0, 0.1) is 6.92 Å². The van der Waals surface area contributed by atoms with Crippen LogP contribution in [-0.2, 0) is 18.3 Å². The lowest BCUT2D eigenvalue weighted by atomic mass is 9.99. The molecular weight excluding hydrogens is 262 g/mol. The highest BCUT2D eigenvalue weighted by Crippen LogP contribution is 2.21. The summed E-state index contributed by atoms with van der Waals surface area (Å²) in [7, 11) is 1.75. The molecule has 1 aromatic carbocycles. The van der Waals surface area contributed by atoms with Gasteiger partial charge in [0.05, 0.1) is 11.7 Å². The number of hydrogen-bond donors (Lipinski definition) is 1. The van der Waals surface area contributed by atoms with E-state index in [1.165, 1.54) is 0 Å². The van der Waals surface area contributed by atoms with Crippen LogP contribution in [0.15, 0.2) is 30.3 Å². The summed E-state index contributed by atoms with van der Waals surface area (Å²) in [6, 6.07) is 8.69. The van der Waals surface area contributed by atoms with Crippen molar-refractivity contribution in [1.29, 1.82) is 0 Å². The van der Waals surface area contributed by atoms with Crippen LogP contribution >= 0.6 is 11.6 Å². The Morgan fingerprint density at radius 1 is 1.42 bits per heavy atom. The molecule has 1 heterocycles. The van der Waals surface area contributed by atoms with E-state index < -0.39 is 6.04 Å². The molecule has 1 unspecified atom stereocenters. The van der Waals surface area contributed by atoms with Crippen LogP contribution in [0.4, 0.5) is 0 Å². The van der Waals surface area contributed by atoms with Crippen molar-refractivity contribution in [2.75, 3.05) is 0 Å². The predicted octanol–water partition coefficient (Wildman–Crippen LogP) is 2.19. The number of halogens is 1. The van der Waals surface area contributed by atoms with Gasteiger partial charge in [0, 0.05) is 19.0 Å². The highest BCUT2D eigenvalue weighted by Gasteiger charge is 2.20. The van der Waals surface area contributed by atoms with Crippen molar-refractivity contribution in [3.8, 4) is 0 Å². The second kappa shape index (κ2) is 5.55. The predicted molar refractivity (Wildman–Crippen MR) is 75.0 cm³/mol. The van der Waals surface area contributed by atoms with Gasteiger partial charge < -0.3 is 5.73 Å². The van der Waals surface area contributed by atoms with Gasteiger partial charge in [-0.3, -0.25) is 9.48 Å². The standard InChI is InChI=1S/C14H16ClN3O/c1-9-11(14(15)18(2)17-9)8-12(19)13(16)10-6-4-3-5-7-10/h3-7,13H,8,16H2,1-2H3. The molecule has 0 aliphatic carbocycles. The van der Waals surface area contributed by atoms with Crippen LogP contribution < -0.4 is 5.73 Å². The Bertz CT molecular complexity index is 592. The van der Waals surface area contributed by atoms with Gasteiger partial charge in [0.1, 0.15) is 5.15 Å². The fourth-order valence-corrected chi connectivity index (χ4v) is 2.25. The van der Waals surface area contributed by atoms with Crippen LogP contribution in [0.25, 0.3) is 0 Å². The maximum absolute atomic E-state index is 12.2. The number of benzene rings is 1. The van der Waals surface area contributed by atoms with Crippen LogP contribution in [0.3, 0.4) is 0 Å². The number of carbonyl (C=O) groups is 1. The van der Waals surface area contributed by atoms with Crippen molar-refractivity contribution in [2.24, 2.45) is 12.8 Å². The van der Waals surface area contributed by atoms with Gasteiger partial charge in [-0.05, 0) is 12.5 Å².